The van der Waals surface area contributed by atoms with Crippen molar-refractivity contribution in [1.29, 1.82) is 0 Å². The molecular weight excluding hydrogens is 1200 g/mol. The summed E-state index contributed by atoms with van der Waals surface area (Å²) in [7, 11) is 6.57. The van der Waals surface area contributed by atoms with Gasteiger partial charge in [-0.1, -0.05) is 73.5 Å². The lowest BCUT2D eigenvalue weighted by molar-refractivity contribution is -0.162. The third-order valence-electron chi connectivity index (χ3n) is 16.9. The molecule has 3 aromatic rings. The van der Waals surface area contributed by atoms with E-state index in [0.717, 1.165) is 46.4 Å². The van der Waals surface area contributed by atoms with Crippen molar-refractivity contribution >= 4 is 63.8 Å². The molecule has 4 N–H and O–H groups in total. The first-order chi connectivity index (χ1) is 43.5. The summed E-state index contributed by atoms with van der Waals surface area (Å²) in [6.07, 6.45) is 1.01. The number of carbonyl (C=O) groups is 6. The van der Waals surface area contributed by atoms with Crippen LogP contribution >= 0.6 is 11.6 Å². The molecule has 4 amide bonds. The van der Waals surface area contributed by atoms with E-state index in [1.165, 1.54) is 30.9 Å². The van der Waals surface area contributed by atoms with E-state index in [1.807, 2.05) is 50.3 Å². The summed E-state index contributed by atoms with van der Waals surface area (Å²) in [6, 6.07) is 12.9. The fourth-order valence-electron chi connectivity index (χ4n) is 11.1. The van der Waals surface area contributed by atoms with Crippen molar-refractivity contribution in [3.05, 3.63) is 88.1 Å². The molecule has 4 heterocycles. The van der Waals surface area contributed by atoms with Crippen molar-refractivity contribution in [3.8, 4) is 0 Å². The van der Waals surface area contributed by atoms with Crippen LogP contribution in [0, 0.1) is 18.8 Å². The molecule has 2 saturated heterocycles. The standard InChI is InChI=1S/C66H97ClN6O18/c1-11-70(7)42-51-38-49-16-12-13-17-53(49)73(51)22-19-52(75)39-50(43-74)62(78)68-21-24-84-26-28-86-30-32-88-34-33-87-31-29-85-27-25-83-23-20-58(76)71(8)47(5)63(79)90-57-40-59(77)72(9)54-37-48(36-45(3)60(54)67)35-44(2)15-14-18-56(82-10)66(81)41-55(89-64(80)69-66)46(4)61-65(57,6)91-61/h12-18,36-38,46-47,50,55-57,61,74,81H,11,19-35,39-43H2,1-10H3,(H,68,78)(H,69,80)/b18-14+,44-15+/t46-,47+,50+,55+,56-,57+,61?,65+,66-/m1/s1. The summed E-state index contributed by atoms with van der Waals surface area (Å²) in [4.78, 5) is 85.3. The van der Waals surface area contributed by atoms with E-state index in [0.29, 0.717) is 76.5 Å². The molecule has 4 bridgehead atoms. The van der Waals surface area contributed by atoms with Crippen LogP contribution in [0.5, 0.6) is 0 Å². The number of nitrogens with zero attached hydrogens (tertiary/aromatic N) is 4. The lowest BCUT2D eigenvalue weighted by Crippen LogP contribution is -2.63. The number of epoxide rings is 1. The van der Waals surface area contributed by atoms with E-state index >= 15 is 0 Å². The third kappa shape index (κ3) is 21.9. The van der Waals surface area contributed by atoms with Crippen LogP contribution in [0.1, 0.15) is 83.5 Å². The molecule has 2 fully saturated rings. The number of rotatable bonds is 35. The van der Waals surface area contributed by atoms with E-state index in [9.17, 15) is 39.0 Å². The van der Waals surface area contributed by atoms with E-state index < -0.39 is 84.1 Å². The van der Waals surface area contributed by atoms with Crippen LogP contribution in [0.15, 0.2) is 66.3 Å². The maximum atomic E-state index is 14.3. The van der Waals surface area contributed by atoms with Gasteiger partial charge in [-0.2, -0.15) is 0 Å². The van der Waals surface area contributed by atoms with Gasteiger partial charge in [-0.05, 0) is 82.4 Å². The van der Waals surface area contributed by atoms with Crippen LogP contribution in [0.2, 0.25) is 5.02 Å². The summed E-state index contributed by atoms with van der Waals surface area (Å²) in [5, 5.41) is 28.5. The lowest BCUT2D eigenvalue weighted by Gasteiger charge is -2.42. The maximum absolute atomic E-state index is 14.3. The summed E-state index contributed by atoms with van der Waals surface area (Å²) in [6.45, 7) is 16.4. The smallest absolute Gasteiger partial charge is 0.409 e. The SMILES string of the molecule is CCN(C)Cc1cc2ccccc2n1CCC(=O)C[C@@H](CO)C(=O)NCCOCCOCCOCCOCCOCCOCCC(=O)N(C)[C@@H](C)C(=O)O[C@H]1CC(=O)N(C)c2cc(cc(C)c2Cl)C/C(C)=C/C=C/[C@@H](OC)[C@]2(O)C[C@H](OC(=O)N2)[C@@H](C)C2O[C@]21C. The summed E-state index contributed by atoms with van der Waals surface area (Å²) in [5.41, 5.74) is 2.14. The van der Waals surface area contributed by atoms with Gasteiger partial charge in [0.1, 0.15) is 35.7 Å². The number of aryl methyl sites for hydroxylation is 2. The van der Waals surface area contributed by atoms with Gasteiger partial charge < -0.3 is 82.2 Å². The Kier molecular flexibility index (Phi) is 29.8. The fourth-order valence-corrected chi connectivity index (χ4v) is 11.3. The quantitative estimate of drug-likeness (QED) is 0.0322. The Morgan fingerprint density at radius 2 is 1.53 bits per heavy atom. The minimum absolute atomic E-state index is 0.0349. The number of nitrogens with one attached hydrogen (secondary N) is 2. The van der Waals surface area contributed by atoms with E-state index in [-0.39, 0.29) is 76.8 Å². The fraction of sp³-hybridized carbons (Fsp3) is 0.636. The average molecular weight is 1300 g/mol. The molecule has 0 radical (unpaired) electrons. The van der Waals surface area contributed by atoms with Gasteiger partial charge in [0.15, 0.2) is 5.72 Å². The van der Waals surface area contributed by atoms with Crippen LogP contribution < -0.4 is 15.5 Å². The van der Waals surface area contributed by atoms with Gasteiger partial charge >= 0.3 is 12.1 Å². The van der Waals surface area contributed by atoms with Gasteiger partial charge in [-0.15, -0.1) is 0 Å². The zero-order valence-electron chi connectivity index (χ0n) is 54.7. The van der Waals surface area contributed by atoms with Crippen molar-refractivity contribution in [3.63, 3.8) is 0 Å². The summed E-state index contributed by atoms with van der Waals surface area (Å²) >= 11 is 6.83. The van der Waals surface area contributed by atoms with Crippen molar-refractivity contribution in [2.24, 2.45) is 11.8 Å². The number of methoxy groups -OCH3 is 1. The van der Waals surface area contributed by atoms with Crippen molar-refractivity contribution in [1.82, 2.24) is 25.0 Å². The molecule has 25 heteroatoms. The second-order valence-corrected chi connectivity index (χ2v) is 24.2. The molecule has 0 aliphatic carbocycles. The minimum Gasteiger partial charge on any atom is -0.457 e. The van der Waals surface area contributed by atoms with Gasteiger partial charge in [-0.3, -0.25) is 24.5 Å². The number of halogens is 1. The van der Waals surface area contributed by atoms with Crippen LogP contribution in [-0.4, -0.2) is 229 Å². The molecular formula is C66H97ClN6O18. The average Bonchev–Trinajstić information content (AvgIpc) is 1.60. The van der Waals surface area contributed by atoms with Gasteiger partial charge in [0.2, 0.25) is 17.7 Å². The number of hydrogen-bond donors (Lipinski definition) is 4. The number of carbonyl (C=O) groups excluding carboxylic acids is 6. The molecule has 2 aromatic carbocycles. The number of esters is 1. The number of allylic oxidation sites excluding steroid dienone is 3. The highest BCUT2D eigenvalue weighted by Crippen LogP contribution is 2.49. The lowest BCUT2D eigenvalue weighted by atomic mass is 9.83. The Bertz CT molecular complexity index is 2940. The van der Waals surface area contributed by atoms with Gasteiger partial charge in [0.05, 0.1) is 121 Å². The molecule has 9 atom stereocenters. The summed E-state index contributed by atoms with van der Waals surface area (Å²) in [5.74, 6) is -3.46. The van der Waals surface area contributed by atoms with Crippen molar-refractivity contribution in [2.75, 3.05) is 132 Å². The highest BCUT2D eigenvalue weighted by atomic mass is 35.5. The molecule has 6 rings (SSSR count). The third-order valence-corrected chi connectivity index (χ3v) is 17.4. The summed E-state index contributed by atoms with van der Waals surface area (Å²) < 4.78 is 59.5. The van der Waals surface area contributed by atoms with E-state index in [4.69, 9.17) is 59.0 Å². The topological polar surface area (TPSA) is 277 Å². The molecule has 1 unspecified atom stereocenters. The zero-order chi connectivity index (χ0) is 66.3. The van der Waals surface area contributed by atoms with Crippen LogP contribution in [0.4, 0.5) is 10.5 Å². The van der Waals surface area contributed by atoms with Crippen LogP contribution in [0.3, 0.4) is 0 Å². The number of aliphatic hydroxyl groups is 2. The number of ether oxygens (including phenoxy) is 10. The predicted molar refractivity (Wildman–Crippen MR) is 340 cm³/mol. The monoisotopic (exact) mass is 1300 g/mol. The number of fused-ring (bicyclic) bond motifs is 6. The number of aliphatic hydroxyl groups excluding tert-OH is 1. The number of amides is 4. The molecule has 3 aliphatic rings. The molecule has 1 aromatic heterocycles. The number of likely N-dealkylation sites (N-methyl/N-ethyl adjacent to an activating group) is 1. The number of benzene rings is 2. The first-order valence-corrected chi connectivity index (χ1v) is 31.8. The molecule has 3 aliphatic heterocycles. The highest BCUT2D eigenvalue weighted by Gasteiger charge is 2.64. The number of Topliss-reactive ketones (excluding diaryl/α,β-unsaturated/α-hetero) is 1. The maximum Gasteiger partial charge on any atom is 0.409 e. The Morgan fingerprint density at radius 3 is 2.15 bits per heavy atom. The number of ketones is 1. The van der Waals surface area contributed by atoms with Crippen LogP contribution in [0.25, 0.3) is 10.9 Å². The second kappa shape index (κ2) is 36.5. The number of anilines is 1. The first-order valence-electron chi connectivity index (χ1n) is 31.4. The second-order valence-electron chi connectivity index (χ2n) is 23.8. The van der Waals surface area contributed by atoms with E-state index in [1.54, 1.807) is 33.0 Å². The highest BCUT2D eigenvalue weighted by molar-refractivity contribution is 6.34. The minimum atomic E-state index is -1.85. The number of alkyl carbamates (subject to hydrolysis) is 1. The molecule has 24 nitrogen and oxygen atoms in total. The van der Waals surface area contributed by atoms with Gasteiger partial charge in [0.25, 0.3) is 0 Å². The molecule has 0 spiro atoms. The van der Waals surface area contributed by atoms with Gasteiger partial charge in [0, 0.05) is 77.2 Å². The van der Waals surface area contributed by atoms with Crippen molar-refractivity contribution in [2.45, 2.75) is 135 Å². The largest absolute Gasteiger partial charge is 0.457 e. The molecule has 91 heavy (non-hydrogen) atoms. The zero-order valence-corrected chi connectivity index (χ0v) is 55.4. The molecule has 0 saturated carbocycles. The first kappa shape index (κ1) is 74.2. The number of hydrogen-bond acceptors (Lipinski definition) is 19. The predicted octanol–water partition coefficient (Wildman–Crippen LogP) is 5.48. The Hall–Kier alpha value is -5.87. The normalized spacial score (nSPS) is 23.6. The Labute approximate surface area is 540 Å². The van der Waals surface area contributed by atoms with E-state index in [2.05, 4.69) is 46.2 Å². The van der Waals surface area contributed by atoms with Crippen molar-refractivity contribution < 1.29 is 86.3 Å². The number of aromatic nitrogens is 1. The van der Waals surface area contributed by atoms with Gasteiger partial charge in [-0.25, -0.2) is 9.59 Å². The Balaban J connectivity index is 0.813. The Morgan fingerprint density at radius 1 is 0.901 bits per heavy atom. The van der Waals surface area contributed by atoms with Crippen LogP contribution in [-0.2, 0) is 90.9 Å². The number of para-hydroxylation sites is 1. The molecule has 506 valence electrons.